The summed E-state index contributed by atoms with van der Waals surface area (Å²) in [6.45, 7) is 0. The number of aliphatic hydroxyl groups is 1. The molecule has 1 atom stereocenters. The number of rotatable bonds is 4. The van der Waals surface area contributed by atoms with Gasteiger partial charge in [-0.1, -0.05) is 30.3 Å². The topological polar surface area (TPSA) is 84.9 Å². The van der Waals surface area contributed by atoms with Crippen LogP contribution in [0.3, 0.4) is 0 Å². The summed E-state index contributed by atoms with van der Waals surface area (Å²) in [7, 11) is 0.731. The highest BCUT2D eigenvalue weighted by Gasteiger charge is 2.62. The number of para-hydroxylation sites is 1. The molecule has 0 spiro atoms. The molecule has 6 nitrogen and oxygen atoms in total. The molecule has 0 aliphatic heterocycles. The number of alkyl halides is 3. The molecule has 0 unspecified atom stereocenters. The molecular formula is C17H14F3NO5. The van der Waals surface area contributed by atoms with E-state index in [9.17, 15) is 27.9 Å². The van der Waals surface area contributed by atoms with Gasteiger partial charge in [0.1, 0.15) is 5.75 Å². The van der Waals surface area contributed by atoms with Crippen molar-refractivity contribution in [3.63, 3.8) is 0 Å². The van der Waals surface area contributed by atoms with E-state index in [0.29, 0.717) is 0 Å². The monoisotopic (exact) mass is 369 g/mol. The first-order valence-corrected chi connectivity index (χ1v) is 7.20. The maximum atomic E-state index is 13.1. The summed E-state index contributed by atoms with van der Waals surface area (Å²) >= 11 is 0. The van der Waals surface area contributed by atoms with Crippen molar-refractivity contribution in [1.82, 2.24) is 0 Å². The third-order valence-corrected chi connectivity index (χ3v) is 3.39. The summed E-state index contributed by atoms with van der Waals surface area (Å²) < 4.78 is 48.5. The zero-order valence-corrected chi connectivity index (χ0v) is 13.4. The second-order valence-corrected chi connectivity index (χ2v) is 5.10. The van der Waals surface area contributed by atoms with Crippen LogP contribution >= 0.6 is 0 Å². The van der Waals surface area contributed by atoms with Gasteiger partial charge in [-0.05, 0) is 24.3 Å². The van der Waals surface area contributed by atoms with Gasteiger partial charge in [-0.15, -0.1) is 0 Å². The van der Waals surface area contributed by atoms with Crippen molar-refractivity contribution in [2.24, 2.45) is 0 Å². The van der Waals surface area contributed by atoms with Crippen molar-refractivity contribution < 1.29 is 37.3 Å². The smallest absolute Gasteiger partial charge is 0.432 e. The van der Waals surface area contributed by atoms with E-state index in [0.717, 1.165) is 31.4 Å². The molecule has 0 radical (unpaired) electrons. The molecule has 138 valence electrons. The molecule has 0 saturated carbocycles. The summed E-state index contributed by atoms with van der Waals surface area (Å²) in [5.74, 6) is -1.59. The summed E-state index contributed by atoms with van der Waals surface area (Å²) in [6, 6.07) is 12.0. The summed E-state index contributed by atoms with van der Waals surface area (Å²) in [6.07, 6.45) is -6.15. The van der Waals surface area contributed by atoms with Gasteiger partial charge < -0.3 is 14.6 Å². The predicted molar refractivity (Wildman–Crippen MR) is 84.5 cm³/mol. The number of halogens is 3. The van der Waals surface area contributed by atoms with Crippen LogP contribution in [-0.4, -0.2) is 30.5 Å². The molecule has 2 N–H and O–H groups in total. The third kappa shape index (κ3) is 3.94. The van der Waals surface area contributed by atoms with Crippen LogP contribution in [-0.2, 0) is 15.1 Å². The average molecular weight is 369 g/mol. The number of hydrogen-bond acceptors (Lipinski definition) is 5. The normalized spacial score (nSPS) is 13.4. The van der Waals surface area contributed by atoms with E-state index in [4.69, 9.17) is 4.74 Å². The predicted octanol–water partition coefficient (Wildman–Crippen LogP) is 3.22. The van der Waals surface area contributed by atoms with Crippen molar-refractivity contribution in [3.8, 4) is 5.75 Å². The van der Waals surface area contributed by atoms with E-state index in [2.05, 4.69) is 10.1 Å². The van der Waals surface area contributed by atoms with Crippen LogP contribution < -0.4 is 10.1 Å². The Morgan fingerprint density at radius 2 is 1.58 bits per heavy atom. The van der Waals surface area contributed by atoms with Crippen LogP contribution in [0.5, 0.6) is 5.75 Å². The van der Waals surface area contributed by atoms with Crippen LogP contribution in [0, 0.1) is 0 Å². The lowest BCUT2D eigenvalue weighted by Gasteiger charge is -2.28. The average Bonchev–Trinajstić information content (AvgIpc) is 2.60. The number of ether oxygens (including phenoxy) is 2. The Balaban J connectivity index is 2.16. The number of methoxy groups -OCH3 is 1. The Morgan fingerprint density at radius 1 is 1.00 bits per heavy atom. The van der Waals surface area contributed by atoms with E-state index in [1.54, 1.807) is 30.3 Å². The molecule has 0 aromatic heterocycles. The largest absolute Gasteiger partial charge is 0.466 e. The molecule has 2 aromatic rings. The molecule has 0 heterocycles. The second-order valence-electron chi connectivity index (χ2n) is 5.10. The Kier molecular flexibility index (Phi) is 5.51. The van der Waals surface area contributed by atoms with E-state index in [1.807, 2.05) is 0 Å². The lowest BCUT2D eigenvalue weighted by Crippen LogP contribution is -2.49. The highest BCUT2D eigenvalue weighted by atomic mass is 19.4. The van der Waals surface area contributed by atoms with Gasteiger partial charge in [0, 0.05) is 11.3 Å². The van der Waals surface area contributed by atoms with Gasteiger partial charge in [0.05, 0.1) is 7.11 Å². The highest BCUT2D eigenvalue weighted by Crippen LogP contribution is 2.40. The number of carbonyl (C=O) groups is 2. The molecule has 26 heavy (non-hydrogen) atoms. The van der Waals surface area contributed by atoms with Gasteiger partial charge in [-0.3, -0.25) is 5.32 Å². The molecule has 2 aromatic carbocycles. The first kappa shape index (κ1) is 19.3. The van der Waals surface area contributed by atoms with Crippen LogP contribution in [0.2, 0.25) is 0 Å². The molecule has 2 rings (SSSR count). The summed E-state index contributed by atoms with van der Waals surface area (Å²) in [4.78, 5) is 23.2. The van der Waals surface area contributed by atoms with Crippen molar-refractivity contribution in [2.75, 3.05) is 12.4 Å². The zero-order valence-electron chi connectivity index (χ0n) is 13.4. The van der Waals surface area contributed by atoms with E-state index < -0.39 is 29.4 Å². The number of esters is 1. The molecule has 0 aliphatic carbocycles. The molecule has 0 aliphatic rings. The minimum Gasteiger partial charge on any atom is -0.466 e. The van der Waals surface area contributed by atoms with Gasteiger partial charge in [0.25, 0.3) is 5.60 Å². The number of anilines is 1. The van der Waals surface area contributed by atoms with Crippen LogP contribution in [0.4, 0.5) is 23.7 Å². The first-order chi connectivity index (χ1) is 12.2. The maximum absolute atomic E-state index is 13.1. The number of amides is 1. The van der Waals surface area contributed by atoms with Gasteiger partial charge in [-0.25, -0.2) is 9.59 Å². The highest BCUT2D eigenvalue weighted by molar-refractivity contribution is 5.87. The van der Waals surface area contributed by atoms with E-state index >= 15 is 0 Å². The Hall–Kier alpha value is -3.07. The molecule has 0 saturated heterocycles. The Bertz CT molecular complexity index is 777. The quantitative estimate of drug-likeness (QED) is 0.809. The Labute approximate surface area is 146 Å². The SMILES string of the molecule is COC(=O)[C@@](O)(c1ccc(NC(=O)Oc2ccccc2)cc1)C(F)(F)F. The summed E-state index contributed by atoms with van der Waals surface area (Å²) in [5.41, 5.74) is -4.46. The molecular weight excluding hydrogens is 355 g/mol. The van der Waals surface area contributed by atoms with Gasteiger partial charge in [0.15, 0.2) is 0 Å². The van der Waals surface area contributed by atoms with E-state index in [-0.39, 0.29) is 11.4 Å². The minimum atomic E-state index is -5.29. The number of carbonyl (C=O) groups excluding carboxylic acids is 2. The van der Waals surface area contributed by atoms with Crippen LogP contribution in [0.1, 0.15) is 5.56 Å². The zero-order chi connectivity index (χ0) is 19.4. The maximum Gasteiger partial charge on any atom is 0.432 e. The van der Waals surface area contributed by atoms with Crippen molar-refractivity contribution >= 4 is 17.7 Å². The number of hydrogen-bond donors (Lipinski definition) is 2. The van der Waals surface area contributed by atoms with Crippen molar-refractivity contribution in [3.05, 3.63) is 60.2 Å². The molecule has 1 amide bonds. The number of benzene rings is 2. The van der Waals surface area contributed by atoms with Gasteiger partial charge in [-0.2, -0.15) is 13.2 Å². The van der Waals surface area contributed by atoms with Gasteiger partial charge >= 0.3 is 18.2 Å². The van der Waals surface area contributed by atoms with Crippen LogP contribution in [0.15, 0.2) is 54.6 Å². The van der Waals surface area contributed by atoms with Crippen molar-refractivity contribution in [1.29, 1.82) is 0 Å². The van der Waals surface area contributed by atoms with E-state index in [1.165, 1.54) is 0 Å². The van der Waals surface area contributed by atoms with Crippen molar-refractivity contribution in [2.45, 2.75) is 11.8 Å². The summed E-state index contributed by atoms with van der Waals surface area (Å²) in [5, 5.41) is 12.2. The lowest BCUT2D eigenvalue weighted by molar-refractivity contribution is -0.266. The fourth-order valence-electron chi connectivity index (χ4n) is 2.08. The number of nitrogens with one attached hydrogen (secondary N) is 1. The molecule has 0 bridgehead atoms. The fraction of sp³-hybridized carbons (Fsp3) is 0.176. The minimum absolute atomic E-state index is 0.101. The van der Waals surface area contributed by atoms with Crippen LogP contribution in [0.25, 0.3) is 0 Å². The van der Waals surface area contributed by atoms with Gasteiger partial charge in [0.2, 0.25) is 0 Å². The molecule has 0 fully saturated rings. The first-order valence-electron chi connectivity index (χ1n) is 7.20. The fourth-order valence-corrected chi connectivity index (χ4v) is 2.08. The standard InChI is InChI=1S/C17H14F3NO5/c1-25-14(22)16(24,17(18,19)20)11-7-9-12(10-8-11)21-15(23)26-13-5-3-2-4-6-13/h2-10,24H,1H3,(H,21,23)/t16-/m0/s1. The molecule has 9 heteroatoms. The Morgan fingerprint density at radius 3 is 2.08 bits per heavy atom. The lowest BCUT2D eigenvalue weighted by atomic mass is 9.93. The third-order valence-electron chi connectivity index (χ3n) is 3.39. The second kappa shape index (κ2) is 7.44.